The molecule has 0 saturated heterocycles. The lowest BCUT2D eigenvalue weighted by atomic mass is 9.94. The maximum atomic E-state index is 13.7. The number of hydrogen-bond acceptors (Lipinski definition) is 4. The first-order valence-electron chi connectivity index (χ1n) is 9.78. The predicted molar refractivity (Wildman–Crippen MR) is 98.1 cm³/mol. The molecule has 0 bridgehead atoms. The van der Waals surface area contributed by atoms with E-state index in [9.17, 15) is 4.57 Å². The molecule has 138 valence electrons. The molecule has 0 unspecified atom stereocenters. The smallest absolute Gasteiger partial charge is 0.307 e. The van der Waals surface area contributed by atoms with E-state index >= 15 is 0 Å². The van der Waals surface area contributed by atoms with Crippen LogP contribution in [0.2, 0.25) is 0 Å². The van der Waals surface area contributed by atoms with E-state index in [0.29, 0.717) is 13.2 Å². The van der Waals surface area contributed by atoms with Crippen LogP contribution in [0, 0.1) is 0 Å². The van der Waals surface area contributed by atoms with E-state index in [1.165, 1.54) is 6.42 Å². The maximum absolute atomic E-state index is 13.7. The second kappa shape index (κ2) is 11.6. The van der Waals surface area contributed by atoms with Crippen LogP contribution in [0.1, 0.15) is 91.4 Å². The summed E-state index contributed by atoms with van der Waals surface area (Å²) in [6.45, 7) is 8.41. The van der Waals surface area contributed by atoms with Crippen LogP contribution in [0.15, 0.2) is 0 Å². The van der Waals surface area contributed by atoms with Gasteiger partial charge in [0.2, 0.25) is 0 Å². The zero-order valence-electron chi connectivity index (χ0n) is 15.6. The molecule has 0 heterocycles. The zero-order chi connectivity index (χ0) is 17.0. The fourth-order valence-electron chi connectivity index (χ4n) is 3.12. The monoisotopic (exact) mass is 347 g/mol. The molecular weight excluding hydrogens is 309 g/mol. The minimum atomic E-state index is -3.14. The summed E-state index contributed by atoms with van der Waals surface area (Å²) in [6, 6.07) is 0. The molecule has 0 atom stereocenters. The van der Waals surface area contributed by atoms with Gasteiger partial charge in [0.1, 0.15) is 5.28 Å². The zero-order valence-corrected chi connectivity index (χ0v) is 16.5. The van der Waals surface area contributed by atoms with Crippen molar-refractivity contribution in [2.45, 2.75) is 96.7 Å². The van der Waals surface area contributed by atoms with Crippen molar-refractivity contribution in [1.82, 2.24) is 5.32 Å². The van der Waals surface area contributed by atoms with E-state index < -0.39 is 12.9 Å². The molecule has 0 aliphatic heterocycles. The topological polar surface area (TPSA) is 47.6 Å². The number of rotatable bonds is 13. The van der Waals surface area contributed by atoms with E-state index in [1.54, 1.807) is 0 Å². The molecule has 0 spiro atoms. The largest absolute Gasteiger partial charge is 0.350 e. The second-order valence-electron chi connectivity index (χ2n) is 6.74. The third-order valence-electron chi connectivity index (χ3n) is 4.71. The Morgan fingerprint density at radius 1 is 0.870 bits per heavy atom. The first kappa shape index (κ1) is 21.2. The summed E-state index contributed by atoms with van der Waals surface area (Å²) in [5.74, 6) is 0. The minimum Gasteiger partial charge on any atom is -0.307 e. The molecule has 1 saturated carbocycles. The molecule has 1 aliphatic carbocycles. The molecule has 1 fully saturated rings. The highest BCUT2D eigenvalue weighted by Crippen LogP contribution is 2.63. The van der Waals surface area contributed by atoms with Gasteiger partial charge >= 0.3 is 7.60 Å². The maximum Gasteiger partial charge on any atom is 0.350 e. The Bertz CT molecular complexity index is 329. The second-order valence-corrected chi connectivity index (χ2v) is 9.11. The number of hydrogen-bond donors (Lipinski definition) is 1. The third kappa shape index (κ3) is 6.49. The molecule has 1 aliphatic rings. The Morgan fingerprint density at radius 3 is 1.87 bits per heavy atom. The van der Waals surface area contributed by atoms with Crippen LogP contribution in [0.5, 0.6) is 0 Å². The first-order chi connectivity index (χ1) is 11.1. The lowest BCUT2D eigenvalue weighted by Gasteiger charge is -2.42. The van der Waals surface area contributed by atoms with Crippen molar-refractivity contribution in [3.63, 3.8) is 0 Å². The quantitative estimate of drug-likeness (QED) is 0.335. The molecule has 23 heavy (non-hydrogen) atoms. The van der Waals surface area contributed by atoms with Crippen molar-refractivity contribution in [2.24, 2.45) is 0 Å². The van der Waals surface area contributed by atoms with Crippen LogP contribution >= 0.6 is 7.60 Å². The van der Waals surface area contributed by atoms with Gasteiger partial charge in [-0.3, -0.25) is 4.57 Å². The van der Waals surface area contributed by atoms with Gasteiger partial charge in [0.25, 0.3) is 0 Å². The highest BCUT2D eigenvalue weighted by atomic mass is 31.2. The van der Waals surface area contributed by atoms with E-state index in [1.807, 2.05) is 0 Å². The fourth-order valence-corrected chi connectivity index (χ4v) is 5.60. The Balaban J connectivity index is 2.86. The van der Waals surface area contributed by atoms with E-state index in [-0.39, 0.29) is 0 Å². The van der Waals surface area contributed by atoms with Crippen molar-refractivity contribution in [2.75, 3.05) is 19.8 Å². The van der Waals surface area contributed by atoms with Crippen molar-refractivity contribution in [3.8, 4) is 0 Å². The fraction of sp³-hybridized carbons (Fsp3) is 1.00. The Hall–Kier alpha value is 0.110. The minimum absolute atomic E-state index is 0.456. The lowest BCUT2D eigenvalue weighted by Crippen LogP contribution is -2.48. The van der Waals surface area contributed by atoms with Crippen molar-refractivity contribution in [3.05, 3.63) is 0 Å². The van der Waals surface area contributed by atoms with Crippen LogP contribution in [-0.2, 0) is 13.6 Å². The lowest BCUT2D eigenvalue weighted by molar-refractivity contribution is 0.153. The molecule has 0 aromatic rings. The molecule has 5 heteroatoms. The van der Waals surface area contributed by atoms with Crippen molar-refractivity contribution >= 4 is 7.60 Å². The summed E-state index contributed by atoms with van der Waals surface area (Å²) in [5, 5.41) is 3.16. The van der Waals surface area contributed by atoms with Crippen molar-refractivity contribution in [1.29, 1.82) is 0 Å². The summed E-state index contributed by atoms with van der Waals surface area (Å²) < 4.78 is 25.6. The first-order valence-corrected chi connectivity index (χ1v) is 11.3. The van der Waals surface area contributed by atoms with Gasteiger partial charge in [0, 0.05) is 0 Å². The van der Waals surface area contributed by atoms with E-state index in [4.69, 9.17) is 9.05 Å². The number of nitrogens with one attached hydrogen (secondary N) is 1. The van der Waals surface area contributed by atoms with Crippen LogP contribution in [-0.4, -0.2) is 25.0 Å². The van der Waals surface area contributed by atoms with Crippen LogP contribution in [0.4, 0.5) is 0 Å². The van der Waals surface area contributed by atoms with Gasteiger partial charge in [-0.25, -0.2) is 0 Å². The molecule has 0 radical (unpaired) electrons. The van der Waals surface area contributed by atoms with Crippen LogP contribution in [0.3, 0.4) is 0 Å². The Kier molecular flexibility index (Phi) is 10.7. The summed E-state index contributed by atoms with van der Waals surface area (Å²) in [4.78, 5) is 0. The molecule has 0 aromatic heterocycles. The molecule has 0 amide bonds. The van der Waals surface area contributed by atoms with Gasteiger partial charge in [-0.2, -0.15) is 0 Å². The summed E-state index contributed by atoms with van der Waals surface area (Å²) in [5.41, 5.74) is 0. The van der Waals surface area contributed by atoms with Gasteiger partial charge < -0.3 is 14.4 Å². The highest BCUT2D eigenvalue weighted by molar-refractivity contribution is 7.55. The number of unbranched alkanes of at least 4 members (excludes halogenated alkanes) is 3. The van der Waals surface area contributed by atoms with Gasteiger partial charge in [-0.05, 0) is 38.6 Å². The summed E-state index contributed by atoms with van der Waals surface area (Å²) in [6.07, 6.45) is 11.5. The predicted octanol–water partition coefficient (Wildman–Crippen LogP) is 5.86. The van der Waals surface area contributed by atoms with Gasteiger partial charge in [-0.15, -0.1) is 0 Å². The third-order valence-corrected chi connectivity index (χ3v) is 7.41. The van der Waals surface area contributed by atoms with Gasteiger partial charge in [0.15, 0.2) is 0 Å². The van der Waals surface area contributed by atoms with Gasteiger partial charge in [0.05, 0.1) is 13.2 Å². The summed E-state index contributed by atoms with van der Waals surface area (Å²) >= 11 is 0. The molecule has 0 aromatic carbocycles. The molecule has 1 rings (SSSR count). The van der Waals surface area contributed by atoms with E-state index in [2.05, 4.69) is 26.1 Å². The van der Waals surface area contributed by atoms with Crippen LogP contribution < -0.4 is 5.32 Å². The van der Waals surface area contributed by atoms with Crippen molar-refractivity contribution < 1.29 is 13.6 Å². The highest BCUT2D eigenvalue weighted by Gasteiger charge is 2.50. The summed E-state index contributed by atoms with van der Waals surface area (Å²) in [7, 11) is -3.14. The van der Waals surface area contributed by atoms with Gasteiger partial charge in [-0.1, -0.05) is 59.3 Å². The Labute approximate surface area is 143 Å². The normalized spacial score (nSPS) is 18.2. The van der Waals surface area contributed by atoms with Crippen LogP contribution in [0.25, 0.3) is 0 Å². The van der Waals surface area contributed by atoms with E-state index in [0.717, 1.165) is 70.8 Å². The Morgan fingerprint density at radius 2 is 1.39 bits per heavy atom. The average Bonchev–Trinajstić information content (AvgIpc) is 2.56. The molecular formula is C18H38NO3P. The SMILES string of the molecule is CCCCNC1(P(=O)(OCCCC)OCCCC)CCCCC1. The standard InChI is InChI=1S/C18H38NO3P/c1-4-7-15-19-18(13-11-10-12-14-18)23(20,21-16-8-5-2)22-17-9-6-3/h19H,4-17H2,1-3H3. The molecule has 4 nitrogen and oxygen atoms in total. The average molecular weight is 347 g/mol. The molecule has 1 N–H and O–H groups in total.